The summed E-state index contributed by atoms with van der Waals surface area (Å²) in [5.41, 5.74) is 1.20. The summed E-state index contributed by atoms with van der Waals surface area (Å²) >= 11 is 1.65. The Labute approximate surface area is 123 Å². The largest absolute Gasteiger partial charge is 0.314 e. The van der Waals surface area contributed by atoms with Gasteiger partial charge in [-0.3, -0.25) is 9.69 Å². The first kappa shape index (κ1) is 14.0. The monoisotopic (exact) mass is 294 g/mol. The van der Waals surface area contributed by atoms with Crippen LogP contribution in [0.25, 0.3) is 0 Å². The number of anilines is 1. The van der Waals surface area contributed by atoms with Gasteiger partial charge in [-0.25, -0.2) is 4.98 Å². The lowest BCUT2D eigenvalue weighted by Crippen LogP contribution is -2.51. The Balaban J connectivity index is 1.57. The van der Waals surface area contributed by atoms with E-state index in [2.05, 4.69) is 27.4 Å². The summed E-state index contributed by atoms with van der Waals surface area (Å²) in [4.78, 5) is 20.3. The van der Waals surface area contributed by atoms with Crippen molar-refractivity contribution in [1.82, 2.24) is 15.2 Å². The first-order chi connectivity index (χ1) is 9.72. The van der Waals surface area contributed by atoms with Crippen LogP contribution in [-0.4, -0.2) is 48.0 Å². The average Bonchev–Trinajstić information content (AvgIpc) is 2.83. The van der Waals surface area contributed by atoms with Gasteiger partial charge in [-0.1, -0.05) is 0 Å². The molecule has 0 unspecified atom stereocenters. The van der Waals surface area contributed by atoms with E-state index in [-0.39, 0.29) is 5.91 Å². The molecule has 1 saturated heterocycles. The van der Waals surface area contributed by atoms with Crippen molar-refractivity contribution in [1.29, 1.82) is 0 Å². The number of carbonyl (C=O) groups excluding carboxylic acids is 1. The SMILES string of the molecule is C[C@H]1CNCCN1CC(=O)Nc1nc2c(s1)CCCC2. The summed E-state index contributed by atoms with van der Waals surface area (Å²) in [5, 5.41) is 7.09. The van der Waals surface area contributed by atoms with E-state index in [1.807, 2.05) is 0 Å². The molecule has 1 atom stereocenters. The first-order valence-corrected chi connectivity index (χ1v) is 8.27. The first-order valence-electron chi connectivity index (χ1n) is 7.45. The summed E-state index contributed by atoms with van der Waals surface area (Å²) in [6.07, 6.45) is 4.66. The van der Waals surface area contributed by atoms with Crippen molar-refractivity contribution in [2.24, 2.45) is 0 Å². The van der Waals surface area contributed by atoms with E-state index in [9.17, 15) is 4.79 Å². The second-order valence-electron chi connectivity index (χ2n) is 5.67. The molecule has 1 aliphatic heterocycles. The zero-order valence-corrected chi connectivity index (χ0v) is 12.8. The van der Waals surface area contributed by atoms with Gasteiger partial charge in [0.05, 0.1) is 12.2 Å². The molecule has 0 aromatic carbocycles. The lowest BCUT2D eigenvalue weighted by molar-refractivity contribution is -0.118. The van der Waals surface area contributed by atoms with Crippen molar-refractivity contribution in [3.05, 3.63) is 10.6 Å². The van der Waals surface area contributed by atoms with Crippen LogP contribution in [0.5, 0.6) is 0 Å². The Kier molecular flexibility index (Phi) is 4.33. The molecule has 2 aliphatic rings. The van der Waals surface area contributed by atoms with E-state index in [0.717, 1.165) is 37.6 Å². The van der Waals surface area contributed by atoms with Gasteiger partial charge in [0, 0.05) is 30.6 Å². The minimum Gasteiger partial charge on any atom is -0.314 e. The summed E-state index contributed by atoms with van der Waals surface area (Å²) in [6.45, 7) is 5.47. The van der Waals surface area contributed by atoms with Crippen molar-refractivity contribution in [2.45, 2.75) is 38.6 Å². The third kappa shape index (κ3) is 3.19. The maximum absolute atomic E-state index is 12.1. The summed E-state index contributed by atoms with van der Waals surface area (Å²) < 4.78 is 0. The minimum absolute atomic E-state index is 0.0600. The number of nitrogens with zero attached hydrogens (tertiary/aromatic N) is 2. The summed E-state index contributed by atoms with van der Waals surface area (Å²) in [6, 6.07) is 0.416. The number of fused-ring (bicyclic) bond motifs is 1. The normalized spacial score (nSPS) is 23.4. The molecule has 110 valence electrons. The average molecular weight is 294 g/mol. The molecule has 1 fully saturated rings. The molecule has 2 N–H and O–H groups in total. The molecule has 1 amide bonds. The molecule has 1 aliphatic carbocycles. The highest BCUT2D eigenvalue weighted by atomic mass is 32.1. The standard InChI is InChI=1S/C14H22N4OS/c1-10-8-15-6-7-18(10)9-13(19)17-14-16-11-4-2-3-5-12(11)20-14/h10,15H,2-9H2,1H3,(H,16,17,19)/t10-/m0/s1. The van der Waals surface area contributed by atoms with Crippen molar-refractivity contribution < 1.29 is 4.79 Å². The van der Waals surface area contributed by atoms with E-state index >= 15 is 0 Å². The predicted molar refractivity (Wildman–Crippen MR) is 81.3 cm³/mol. The van der Waals surface area contributed by atoms with Gasteiger partial charge in [-0.05, 0) is 32.6 Å². The molecule has 20 heavy (non-hydrogen) atoms. The number of aryl methyl sites for hydroxylation is 2. The van der Waals surface area contributed by atoms with Crippen LogP contribution >= 0.6 is 11.3 Å². The van der Waals surface area contributed by atoms with Crippen LogP contribution in [0, 0.1) is 0 Å². The lowest BCUT2D eigenvalue weighted by atomic mass is 10.0. The number of carbonyl (C=O) groups is 1. The van der Waals surface area contributed by atoms with Crippen LogP contribution in [0.1, 0.15) is 30.3 Å². The zero-order chi connectivity index (χ0) is 13.9. The quantitative estimate of drug-likeness (QED) is 0.881. The highest BCUT2D eigenvalue weighted by Crippen LogP contribution is 2.29. The summed E-state index contributed by atoms with van der Waals surface area (Å²) in [7, 11) is 0. The zero-order valence-electron chi connectivity index (χ0n) is 11.9. The third-order valence-electron chi connectivity index (χ3n) is 4.08. The Morgan fingerprint density at radius 3 is 3.15 bits per heavy atom. The number of nitrogens with one attached hydrogen (secondary N) is 2. The number of hydrogen-bond donors (Lipinski definition) is 2. The number of piperazine rings is 1. The van der Waals surface area contributed by atoms with Crippen LogP contribution < -0.4 is 10.6 Å². The van der Waals surface area contributed by atoms with Crippen LogP contribution in [0.15, 0.2) is 0 Å². The Morgan fingerprint density at radius 1 is 1.50 bits per heavy atom. The number of amides is 1. The number of thiazole rings is 1. The van der Waals surface area contributed by atoms with Gasteiger partial charge in [0.25, 0.3) is 0 Å². The van der Waals surface area contributed by atoms with Crippen molar-refractivity contribution >= 4 is 22.4 Å². The van der Waals surface area contributed by atoms with Gasteiger partial charge in [-0.15, -0.1) is 11.3 Å². The number of aromatic nitrogens is 1. The molecular formula is C14H22N4OS. The van der Waals surface area contributed by atoms with Gasteiger partial charge >= 0.3 is 0 Å². The number of rotatable bonds is 3. The maximum atomic E-state index is 12.1. The molecule has 2 heterocycles. The Bertz CT molecular complexity index is 464. The van der Waals surface area contributed by atoms with Crippen LogP contribution in [0.2, 0.25) is 0 Å². The van der Waals surface area contributed by atoms with Crippen LogP contribution in [0.4, 0.5) is 5.13 Å². The highest BCUT2D eigenvalue weighted by Gasteiger charge is 2.21. The summed E-state index contributed by atoms with van der Waals surface area (Å²) in [5.74, 6) is 0.0600. The minimum atomic E-state index is 0.0600. The van der Waals surface area contributed by atoms with Crippen molar-refractivity contribution in [3.63, 3.8) is 0 Å². The third-order valence-corrected chi connectivity index (χ3v) is 5.15. The molecule has 3 rings (SSSR count). The van der Waals surface area contributed by atoms with Gasteiger partial charge in [0.15, 0.2) is 5.13 Å². The number of hydrogen-bond acceptors (Lipinski definition) is 5. The molecule has 5 nitrogen and oxygen atoms in total. The fraction of sp³-hybridized carbons (Fsp3) is 0.714. The molecule has 6 heteroatoms. The van der Waals surface area contributed by atoms with Gasteiger partial charge in [-0.2, -0.15) is 0 Å². The van der Waals surface area contributed by atoms with E-state index < -0.39 is 0 Å². The maximum Gasteiger partial charge on any atom is 0.240 e. The lowest BCUT2D eigenvalue weighted by Gasteiger charge is -2.33. The van der Waals surface area contributed by atoms with E-state index in [0.29, 0.717) is 12.6 Å². The second-order valence-corrected chi connectivity index (χ2v) is 6.75. The molecule has 0 bridgehead atoms. The highest BCUT2D eigenvalue weighted by molar-refractivity contribution is 7.15. The topological polar surface area (TPSA) is 57.3 Å². The Morgan fingerprint density at radius 2 is 2.35 bits per heavy atom. The molecule has 0 saturated carbocycles. The van der Waals surface area contributed by atoms with Gasteiger partial charge < -0.3 is 10.6 Å². The van der Waals surface area contributed by atoms with Crippen molar-refractivity contribution in [2.75, 3.05) is 31.5 Å². The fourth-order valence-electron chi connectivity index (χ4n) is 2.87. The van der Waals surface area contributed by atoms with Gasteiger partial charge in [0.1, 0.15) is 0 Å². The predicted octanol–water partition coefficient (Wildman–Crippen LogP) is 1.25. The van der Waals surface area contributed by atoms with Crippen molar-refractivity contribution in [3.8, 4) is 0 Å². The molecule has 0 spiro atoms. The fourth-order valence-corrected chi connectivity index (χ4v) is 3.93. The smallest absolute Gasteiger partial charge is 0.240 e. The molecule has 1 aromatic heterocycles. The Hall–Kier alpha value is -0.980. The van der Waals surface area contributed by atoms with E-state index in [1.54, 1.807) is 11.3 Å². The van der Waals surface area contributed by atoms with Crippen LogP contribution in [0.3, 0.4) is 0 Å². The van der Waals surface area contributed by atoms with Crippen LogP contribution in [-0.2, 0) is 17.6 Å². The molecular weight excluding hydrogens is 272 g/mol. The van der Waals surface area contributed by atoms with Gasteiger partial charge in [0.2, 0.25) is 5.91 Å². The molecule has 0 radical (unpaired) electrons. The second kappa shape index (κ2) is 6.20. The molecule has 1 aromatic rings. The van der Waals surface area contributed by atoms with E-state index in [4.69, 9.17) is 0 Å². The van der Waals surface area contributed by atoms with E-state index in [1.165, 1.54) is 23.4 Å².